The Morgan fingerprint density at radius 3 is 2.82 bits per heavy atom. The van der Waals surface area contributed by atoms with Crippen LogP contribution < -0.4 is 5.73 Å². The van der Waals surface area contributed by atoms with Crippen molar-refractivity contribution in [3.8, 4) is 0 Å². The van der Waals surface area contributed by atoms with Crippen molar-refractivity contribution in [2.24, 2.45) is 5.73 Å². The molecule has 0 unspecified atom stereocenters. The van der Waals surface area contributed by atoms with Crippen molar-refractivity contribution in [3.05, 3.63) is 35.4 Å². The van der Waals surface area contributed by atoms with Gasteiger partial charge < -0.3 is 5.73 Å². The average Bonchev–Trinajstić information content (AvgIpc) is 2.05. The van der Waals surface area contributed by atoms with Crippen LogP contribution in [0.5, 0.6) is 0 Å². The van der Waals surface area contributed by atoms with Crippen LogP contribution in [0.25, 0.3) is 0 Å². The highest BCUT2D eigenvalue weighted by molar-refractivity contribution is 7.97. The van der Waals surface area contributed by atoms with Gasteiger partial charge in [0.2, 0.25) is 5.12 Å². The van der Waals surface area contributed by atoms with E-state index in [0.29, 0.717) is 12.1 Å². The lowest BCUT2D eigenvalue weighted by Gasteiger charge is -1.97. The molecular formula is C8H9NOS. The molecule has 1 aromatic carbocycles. The van der Waals surface area contributed by atoms with Crippen molar-refractivity contribution >= 4 is 17.7 Å². The number of nitrogens with two attached hydrogens (primary N) is 1. The average molecular weight is 167 g/mol. The Morgan fingerprint density at radius 1 is 1.55 bits per heavy atom. The lowest BCUT2D eigenvalue weighted by atomic mass is 10.1. The van der Waals surface area contributed by atoms with Crippen LogP contribution in [0.3, 0.4) is 0 Å². The Hall–Kier alpha value is -0.800. The summed E-state index contributed by atoms with van der Waals surface area (Å²) in [5.74, 6) is 0. The minimum atomic E-state index is -0.222. The number of hydrogen-bond acceptors (Lipinski definition) is 2. The summed E-state index contributed by atoms with van der Waals surface area (Å²) in [6.45, 7) is 0.453. The van der Waals surface area contributed by atoms with Crippen molar-refractivity contribution in [1.29, 1.82) is 0 Å². The van der Waals surface area contributed by atoms with Crippen molar-refractivity contribution in [1.82, 2.24) is 0 Å². The molecule has 0 aromatic heterocycles. The van der Waals surface area contributed by atoms with Gasteiger partial charge in [-0.2, -0.15) is 0 Å². The van der Waals surface area contributed by atoms with E-state index in [4.69, 9.17) is 5.73 Å². The normalized spacial score (nSPS) is 9.64. The molecular weight excluding hydrogens is 158 g/mol. The minimum absolute atomic E-state index is 0.222. The van der Waals surface area contributed by atoms with Gasteiger partial charge in [-0.3, -0.25) is 4.79 Å². The summed E-state index contributed by atoms with van der Waals surface area (Å²) in [7, 11) is 0. The van der Waals surface area contributed by atoms with Crippen molar-refractivity contribution in [2.45, 2.75) is 6.54 Å². The zero-order chi connectivity index (χ0) is 8.27. The molecule has 0 amide bonds. The fourth-order valence-electron chi connectivity index (χ4n) is 0.831. The monoisotopic (exact) mass is 167 g/mol. The standard InChI is InChI=1S/C8H9NOS/c9-5-6-2-1-3-7(4-6)8(10)11/h1-4H,5,9H2,(H,10,11). The SMILES string of the molecule is NCc1cccc(C(=O)S)c1. The van der Waals surface area contributed by atoms with Gasteiger partial charge in [0.05, 0.1) is 0 Å². The molecule has 1 aromatic rings. The third kappa shape index (κ3) is 2.06. The van der Waals surface area contributed by atoms with Gasteiger partial charge in [0.25, 0.3) is 0 Å². The highest BCUT2D eigenvalue weighted by Crippen LogP contribution is 2.06. The number of benzene rings is 1. The highest BCUT2D eigenvalue weighted by Gasteiger charge is 1.98. The fraction of sp³-hybridized carbons (Fsp3) is 0.125. The number of thiol groups is 1. The van der Waals surface area contributed by atoms with Crippen LogP contribution in [0, 0.1) is 0 Å². The molecule has 0 aliphatic heterocycles. The maximum Gasteiger partial charge on any atom is 0.216 e. The van der Waals surface area contributed by atoms with Crippen LogP contribution in [0.1, 0.15) is 15.9 Å². The first kappa shape index (κ1) is 8.30. The summed E-state index contributed by atoms with van der Waals surface area (Å²) in [6, 6.07) is 7.13. The Balaban J connectivity index is 3.01. The van der Waals surface area contributed by atoms with E-state index in [0.717, 1.165) is 5.56 Å². The van der Waals surface area contributed by atoms with E-state index in [1.54, 1.807) is 18.2 Å². The highest BCUT2D eigenvalue weighted by atomic mass is 32.1. The quantitative estimate of drug-likeness (QED) is 0.650. The number of carbonyl (C=O) groups is 1. The van der Waals surface area contributed by atoms with Crippen LogP contribution in [-0.4, -0.2) is 5.12 Å². The lowest BCUT2D eigenvalue weighted by molar-refractivity contribution is 0.109. The molecule has 0 fully saturated rings. The summed E-state index contributed by atoms with van der Waals surface area (Å²) in [4.78, 5) is 10.7. The molecule has 0 saturated heterocycles. The summed E-state index contributed by atoms with van der Waals surface area (Å²) in [5, 5.41) is -0.222. The first-order valence-electron chi connectivity index (χ1n) is 3.26. The van der Waals surface area contributed by atoms with Gasteiger partial charge in [-0.25, -0.2) is 0 Å². The van der Waals surface area contributed by atoms with Crippen molar-refractivity contribution in [3.63, 3.8) is 0 Å². The van der Waals surface area contributed by atoms with E-state index in [1.807, 2.05) is 6.07 Å². The third-order valence-electron chi connectivity index (χ3n) is 1.41. The molecule has 0 radical (unpaired) electrons. The molecule has 0 heterocycles. The van der Waals surface area contributed by atoms with E-state index in [-0.39, 0.29) is 5.12 Å². The first-order valence-corrected chi connectivity index (χ1v) is 3.71. The Kier molecular flexibility index (Phi) is 2.68. The minimum Gasteiger partial charge on any atom is -0.326 e. The lowest BCUT2D eigenvalue weighted by Crippen LogP contribution is -1.98. The van der Waals surface area contributed by atoms with Gasteiger partial charge in [0.15, 0.2) is 0 Å². The number of carbonyl (C=O) groups excluding carboxylic acids is 1. The van der Waals surface area contributed by atoms with E-state index in [1.165, 1.54) is 0 Å². The molecule has 2 nitrogen and oxygen atoms in total. The smallest absolute Gasteiger partial charge is 0.216 e. The van der Waals surface area contributed by atoms with Gasteiger partial charge >= 0.3 is 0 Å². The van der Waals surface area contributed by atoms with Gasteiger partial charge in [0.1, 0.15) is 0 Å². The van der Waals surface area contributed by atoms with Crippen molar-refractivity contribution in [2.75, 3.05) is 0 Å². The molecule has 3 heteroatoms. The molecule has 0 aliphatic carbocycles. The predicted molar refractivity (Wildman–Crippen MR) is 47.6 cm³/mol. The molecule has 0 atom stereocenters. The van der Waals surface area contributed by atoms with Crippen LogP contribution in [-0.2, 0) is 6.54 Å². The molecule has 58 valence electrons. The first-order chi connectivity index (χ1) is 5.24. The Labute approximate surface area is 70.8 Å². The zero-order valence-electron chi connectivity index (χ0n) is 5.95. The second kappa shape index (κ2) is 3.55. The van der Waals surface area contributed by atoms with Crippen molar-refractivity contribution < 1.29 is 4.79 Å². The van der Waals surface area contributed by atoms with Gasteiger partial charge in [-0.15, -0.1) is 12.6 Å². The Bertz CT molecular complexity index is 273. The molecule has 1 rings (SSSR count). The molecule has 0 bridgehead atoms. The topological polar surface area (TPSA) is 43.1 Å². The van der Waals surface area contributed by atoms with E-state index >= 15 is 0 Å². The zero-order valence-corrected chi connectivity index (χ0v) is 6.84. The second-order valence-corrected chi connectivity index (χ2v) is 2.62. The fourth-order valence-corrected chi connectivity index (χ4v) is 0.970. The number of hydrogen-bond donors (Lipinski definition) is 2. The molecule has 0 spiro atoms. The van der Waals surface area contributed by atoms with Gasteiger partial charge in [-0.1, -0.05) is 18.2 Å². The largest absolute Gasteiger partial charge is 0.326 e. The molecule has 0 saturated carbocycles. The molecule has 0 aliphatic rings. The van der Waals surface area contributed by atoms with Gasteiger partial charge in [0, 0.05) is 12.1 Å². The maximum atomic E-state index is 10.7. The molecule has 11 heavy (non-hydrogen) atoms. The van der Waals surface area contributed by atoms with E-state index < -0.39 is 0 Å². The van der Waals surface area contributed by atoms with Crippen LogP contribution in [0.15, 0.2) is 24.3 Å². The Morgan fingerprint density at radius 2 is 2.27 bits per heavy atom. The summed E-state index contributed by atoms with van der Waals surface area (Å²) in [5.41, 5.74) is 6.93. The third-order valence-corrected chi connectivity index (χ3v) is 1.67. The van der Waals surface area contributed by atoms with E-state index in [2.05, 4.69) is 12.6 Å². The summed E-state index contributed by atoms with van der Waals surface area (Å²) >= 11 is 3.69. The van der Waals surface area contributed by atoms with Gasteiger partial charge in [-0.05, 0) is 11.6 Å². The van der Waals surface area contributed by atoms with Crippen LogP contribution in [0.4, 0.5) is 0 Å². The van der Waals surface area contributed by atoms with E-state index in [9.17, 15) is 4.79 Å². The maximum absolute atomic E-state index is 10.7. The van der Waals surface area contributed by atoms with Crippen LogP contribution >= 0.6 is 12.6 Å². The predicted octanol–water partition coefficient (Wildman–Crippen LogP) is 1.22. The molecule has 2 N–H and O–H groups in total. The number of rotatable bonds is 2. The van der Waals surface area contributed by atoms with Crippen LogP contribution in [0.2, 0.25) is 0 Å². The summed E-state index contributed by atoms with van der Waals surface area (Å²) < 4.78 is 0. The summed E-state index contributed by atoms with van der Waals surface area (Å²) in [6.07, 6.45) is 0. The second-order valence-electron chi connectivity index (χ2n) is 2.21.